The molecule has 0 saturated carbocycles. The Morgan fingerprint density at radius 2 is 1.69 bits per heavy atom. The van der Waals surface area contributed by atoms with E-state index in [1.165, 1.54) is 29.9 Å². The molecule has 0 spiro atoms. The molecule has 0 aliphatic carbocycles. The molecule has 2 aromatic carbocycles. The molecule has 5 rings (SSSR count). The Balaban J connectivity index is 1.20. The summed E-state index contributed by atoms with van der Waals surface area (Å²) in [5.41, 5.74) is 2.93. The second-order valence-electron chi connectivity index (χ2n) is 8.96. The fraction of sp³-hybridized carbons (Fsp3) is 0.308. The van der Waals surface area contributed by atoms with Crippen LogP contribution >= 0.6 is 0 Å². The van der Waals surface area contributed by atoms with Gasteiger partial charge in [-0.2, -0.15) is 4.98 Å². The summed E-state index contributed by atoms with van der Waals surface area (Å²) in [6.45, 7) is 4.24. The van der Waals surface area contributed by atoms with Crippen LogP contribution in [-0.4, -0.2) is 41.4 Å². The summed E-state index contributed by atoms with van der Waals surface area (Å²) in [6.07, 6.45) is 2.48. The van der Waals surface area contributed by atoms with E-state index in [-0.39, 0.29) is 30.6 Å². The molecule has 1 aromatic heterocycles. The first kappa shape index (κ1) is 22.8. The second-order valence-corrected chi connectivity index (χ2v) is 8.96. The predicted molar refractivity (Wildman–Crippen MR) is 133 cm³/mol. The molecule has 0 unspecified atom stereocenters. The number of hydrogen-bond donors (Lipinski definition) is 2. The highest BCUT2D eigenvalue weighted by molar-refractivity contribution is 6.03. The molecule has 3 aromatic rings. The SMILES string of the molecule is Cc1cc(N2CCCC2)nc(Nc2ccc(NC(=O)[C@H]3CC(=O)N(c4ccc(F)cc4)C3)cc2)n1. The van der Waals surface area contributed by atoms with Crippen molar-refractivity contribution < 1.29 is 14.0 Å². The van der Waals surface area contributed by atoms with Crippen molar-refractivity contribution in [3.8, 4) is 0 Å². The molecule has 35 heavy (non-hydrogen) atoms. The summed E-state index contributed by atoms with van der Waals surface area (Å²) in [7, 11) is 0. The molecule has 3 heterocycles. The molecule has 2 aliphatic heterocycles. The average molecular weight is 475 g/mol. The third-order valence-corrected chi connectivity index (χ3v) is 6.31. The van der Waals surface area contributed by atoms with Crippen LogP contribution in [0.4, 0.5) is 33.2 Å². The van der Waals surface area contributed by atoms with Gasteiger partial charge in [-0.1, -0.05) is 0 Å². The van der Waals surface area contributed by atoms with Gasteiger partial charge >= 0.3 is 0 Å². The van der Waals surface area contributed by atoms with Crippen molar-refractivity contribution in [1.29, 1.82) is 0 Å². The number of carbonyl (C=O) groups is 2. The Kier molecular flexibility index (Phi) is 6.31. The first-order valence-electron chi connectivity index (χ1n) is 11.8. The van der Waals surface area contributed by atoms with Crippen LogP contribution in [0.2, 0.25) is 0 Å². The average Bonchev–Trinajstić information content (AvgIpc) is 3.51. The minimum atomic E-state index is -0.477. The zero-order valence-electron chi connectivity index (χ0n) is 19.5. The zero-order valence-corrected chi connectivity index (χ0v) is 19.5. The zero-order chi connectivity index (χ0) is 24.4. The van der Waals surface area contributed by atoms with Crippen LogP contribution < -0.4 is 20.4 Å². The lowest BCUT2D eigenvalue weighted by Crippen LogP contribution is -2.28. The summed E-state index contributed by atoms with van der Waals surface area (Å²) in [6, 6.07) is 15.0. The van der Waals surface area contributed by atoms with Gasteiger partial charge in [0.1, 0.15) is 11.6 Å². The number of aromatic nitrogens is 2. The molecule has 0 radical (unpaired) electrons. The topological polar surface area (TPSA) is 90.5 Å². The van der Waals surface area contributed by atoms with Crippen molar-refractivity contribution in [1.82, 2.24) is 9.97 Å². The van der Waals surface area contributed by atoms with Crippen molar-refractivity contribution in [2.24, 2.45) is 5.92 Å². The highest BCUT2D eigenvalue weighted by Gasteiger charge is 2.35. The number of halogens is 1. The minimum Gasteiger partial charge on any atom is -0.356 e. The molecule has 1 atom stereocenters. The van der Waals surface area contributed by atoms with Crippen molar-refractivity contribution in [2.45, 2.75) is 26.2 Å². The van der Waals surface area contributed by atoms with Crippen LogP contribution in [0.3, 0.4) is 0 Å². The molecule has 2 N–H and O–H groups in total. The number of nitrogens with zero attached hydrogens (tertiary/aromatic N) is 4. The lowest BCUT2D eigenvalue weighted by Gasteiger charge is -2.18. The van der Waals surface area contributed by atoms with Gasteiger partial charge in [-0.05, 0) is 68.3 Å². The normalized spacial score (nSPS) is 17.7. The predicted octanol–water partition coefficient (Wildman–Crippen LogP) is 4.26. The molecule has 180 valence electrons. The highest BCUT2D eigenvalue weighted by atomic mass is 19.1. The number of anilines is 5. The van der Waals surface area contributed by atoms with Gasteiger partial charge in [0.25, 0.3) is 0 Å². The van der Waals surface area contributed by atoms with Gasteiger partial charge in [0.05, 0.1) is 5.92 Å². The van der Waals surface area contributed by atoms with E-state index in [1.807, 2.05) is 25.1 Å². The Morgan fingerprint density at radius 3 is 2.40 bits per heavy atom. The molecule has 2 aliphatic rings. The Morgan fingerprint density at radius 1 is 1.00 bits per heavy atom. The quantitative estimate of drug-likeness (QED) is 0.555. The van der Waals surface area contributed by atoms with Gasteiger partial charge in [-0.25, -0.2) is 9.37 Å². The first-order valence-corrected chi connectivity index (χ1v) is 11.8. The summed E-state index contributed by atoms with van der Waals surface area (Å²) in [5.74, 6) is 0.253. The first-order chi connectivity index (χ1) is 16.9. The van der Waals surface area contributed by atoms with Gasteiger partial charge in [0.15, 0.2) is 0 Å². The Labute approximate surface area is 203 Å². The molecule has 2 saturated heterocycles. The smallest absolute Gasteiger partial charge is 0.229 e. The third-order valence-electron chi connectivity index (χ3n) is 6.31. The van der Waals surface area contributed by atoms with Gasteiger partial charge < -0.3 is 20.4 Å². The number of aryl methyl sites for hydroxylation is 1. The van der Waals surface area contributed by atoms with Gasteiger partial charge in [0.2, 0.25) is 17.8 Å². The fourth-order valence-electron chi connectivity index (χ4n) is 4.48. The summed E-state index contributed by atoms with van der Waals surface area (Å²) in [4.78, 5) is 38.1. The van der Waals surface area contributed by atoms with E-state index in [1.54, 1.807) is 24.3 Å². The molecular weight excluding hydrogens is 447 g/mol. The summed E-state index contributed by atoms with van der Waals surface area (Å²) in [5, 5.41) is 6.13. The second kappa shape index (κ2) is 9.69. The molecule has 2 fully saturated rings. The van der Waals surface area contributed by atoms with Gasteiger partial charge in [0, 0.05) is 54.9 Å². The molecule has 9 heteroatoms. The van der Waals surface area contributed by atoms with Crippen molar-refractivity contribution in [3.63, 3.8) is 0 Å². The van der Waals surface area contributed by atoms with Gasteiger partial charge in [-0.3, -0.25) is 9.59 Å². The van der Waals surface area contributed by atoms with Crippen LogP contribution in [0.15, 0.2) is 54.6 Å². The standard InChI is InChI=1S/C26H27FN6O2/c1-17-14-23(32-12-2-3-13-32)31-26(28-17)30-21-8-6-20(7-9-21)29-25(35)18-15-24(34)33(16-18)22-10-4-19(27)5-11-22/h4-11,14,18H,2-3,12-13,15-16H2,1H3,(H,29,35)(H,28,30,31)/t18-/m0/s1. The summed E-state index contributed by atoms with van der Waals surface area (Å²) < 4.78 is 13.2. The van der Waals surface area contributed by atoms with E-state index in [0.717, 1.165) is 30.3 Å². The van der Waals surface area contributed by atoms with Crippen LogP contribution in [0, 0.1) is 18.7 Å². The number of nitrogens with one attached hydrogen (secondary N) is 2. The number of hydrogen-bond acceptors (Lipinski definition) is 6. The lowest BCUT2D eigenvalue weighted by molar-refractivity contribution is -0.122. The molecule has 8 nitrogen and oxygen atoms in total. The maximum atomic E-state index is 13.2. The maximum Gasteiger partial charge on any atom is 0.229 e. The molecular formula is C26H27FN6O2. The molecule has 2 amide bonds. The van der Waals surface area contributed by atoms with Crippen molar-refractivity contribution >= 4 is 40.6 Å². The Bertz CT molecular complexity index is 1230. The van der Waals surface area contributed by atoms with E-state index in [9.17, 15) is 14.0 Å². The van der Waals surface area contributed by atoms with Gasteiger partial charge in [-0.15, -0.1) is 0 Å². The van der Waals surface area contributed by atoms with Crippen LogP contribution in [0.1, 0.15) is 25.0 Å². The fourth-order valence-corrected chi connectivity index (χ4v) is 4.48. The van der Waals surface area contributed by atoms with Crippen molar-refractivity contribution in [2.75, 3.05) is 40.1 Å². The highest BCUT2D eigenvalue weighted by Crippen LogP contribution is 2.27. The largest absolute Gasteiger partial charge is 0.356 e. The Hall–Kier alpha value is -4.01. The number of amides is 2. The van der Waals surface area contributed by atoms with E-state index in [2.05, 4.69) is 25.5 Å². The third kappa shape index (κ3) is 5.24. The van der Waals surface area contributed by atoms with Crippen LogP contribution in [-0.2, 0) is 9.59 Å². The number of carbonyl (C=O) groups excluding carboxylic acids is 2. The van der Waals surface area contributed by atoms with Crippen molar-refractivity contribution in [3.05, 3.63) is 66.1 Å². The number of benzene rings is 2. The lowest BCUT2D eigenvalue weighted by atomic mass is 10.1. The maximum absolute atomic E-state index is 13.2. The summed E-state index contributed by atoms with van der Waals surface area (Å²) >= 11 is 0. The van der Waals surface area contributed by atoms with E-state index in [4.69, 9.17) is 0 Å². The number of rotatable bonds is 6. The molecule has 0 bridgehead atoms. The van der Waals surface area contributed by atoms with Crippen LogP contribution in [0.5, 0.6) is 0 Å². The van der Waals surface area contributed by atoms with E-state index >= 15 is 0 Å². The van der Waals surface area contributed by atoms with E-state index in [0.29, 0.717) is 17.3 Å². The van der Waals surface area contributed by atoms with Crippen LogP contribution in [0.25, 0.3) is 0 Å². The van der Waals surface area contributed by atoms with E-state index < -0.39 is 5.92 Å². The minimum absolute atomic E-state index is 0.118. The monoisotopic (exact) mass is 474 g/mol.